The van der Waals surface area contributed by atoms with Gasteiger partial charge in [0.05, 0.1) is 18.4 Å². The van der Waals surface area contributed by atoms with Crippen LogP contribution < -0.4 is 14.8 Å². The number of phenols is 1. The van der Waals surface area contributed by atoms with Gasteiger partial charge in [0.2, 0.25) is 10.0 Å². The first-order valence-electron chi connectivity index (χ1n) is 5.46. The summed E-state index contributed by atoms with van der Waals surface area (Å²) in [7, 11) is -0.626. The first-order chi connectivity index (χ1) is 8.89. The monoisotopic (exact) mass is 288 g/mol. The minimum absolute atomic E-state index is 0.0481. The summed E-state index contributed by atoms with van der Waals surface area (Å²) >= 11 is 0. The van der Waals surface area contributed by atoms with E-state index in [1.807, 2.05) is 0 Å². The lowest BCUT2D eigenvalue weighted by molar-refractivity contribution is 0.0953. The van der Waals surface area contributed by atoms with Crippen molar-refractivity contribution in [3.8, 4) is 11.5 Å². The van der Waals surface area contributed by atoms with Crippen LogP contribution in [0.4, 0.5) is 0 Å². The van der Waals surface area contributed by atoms with Crippen LogP contribution in [0.5, 0.6) is 11.5 Å². The molecule has 106 valence electrons. The van der Waals surface area contributed by atoms with Crippen LogP contribution >= 0.6 is 0 Å². The van der Waals surface area contributed by atoms with E-state index in [0.717, 1.165) is 0 Å². The van der Waals surface area contributed by atoms with Crippen molar-refractivity contribution in [2.24, 2.45) is 0 Å². The number of aromatic hydroxyl groups is 1. The number of carbonyl (C=O) groups is 1. The van der Waals surface area contributed by atoms with E-state index >= 15 is 0 Å². The highest BCUT2D eigenvalue weighted by atomic mass is 32.2. The fraction of sp³-hybridized carbons (Fsp3) is 0.364. The van der Waals surface area contributed by atoms with Gasteiger partial charge < -0.3 is 15.2 Å². The molecule has 3 N–H and O–H groups in total. The summed E-state index contributed by atoms with van der Waals surface area (Å²) in [6.45, 7) is -0.0481. The number of amides is 1. The van der Waals surface area contributed by atoms with Gasteiger partial charge in [-0.15, -0.1) is 0 Å². The smallest absolute Gasteiger partial charge is 0.255 e. The summed E-state index contributed by atoms with van der Waals surface area (Å²) < 4.78 is 29.3. The minimum Gasteiger partial charge on any atom is -0.507 e. The molecule has 0 fully saturated rings. The Morgan fingerprint density at radius 1 is 1.42 bits per heavy atom. The maximum atomic E-state index is 11.7. The molecule has 0 radical (unpaired) electrons. The summed E-state index contributed by atoms with van der Waals surface area (Å²) in [5.41, 5.74) is 0.0580. The van der Waals surface area contributed by atoms with Gasteiger partial charge >= 0.3 is 0 Å². The molecule has 1 rings (SSSR count). The molecule has 0 unspecified atom stereocenters. The van der Waals surface area contributed by atoms with Crippen molar-refractivity contribution in [1.29, 1.82) is 0 Å². The van der Waals surface area contributed by atoms with Crippen LogP contribution in [0.25, 0.3) is 0 Å². The topological polar surface area (TPSA) is 105 Å². The molecular weight excluding hydrogens is 272 g/mol. The zero-order chi connectivity index (χ0) is 14.5. The van der Waals surface area contributed by atoms with Crippen LogP contribution in [0.2, 0.25) is 0 Å². The summed E-state index contributed by atoms with van der Waals surface area (Å²) in [6, 6.07) is 4.23. The molecule has 7 nitrogen and oxygen atoms in total. The first kappa shape index (κ1) is 15.3. The largest absolute Gasteiger partial charge is 0.507 e. The Labute approximate surface area is 111 Å². The van der Waals surface area contributed by atoms with Gasteiger partial charge in [-0.1, -0.05) is 0 Å². The molecule has 0 bridgehead atoms. The quantitative estimate of drug-likeness (QED) is 0.665. The summed E-state index contributed by atoms with van der Waals surface area (Å²) in [6.07, 6.45) is 0. The average Bonchev–Trinajstić information content (AvgIpc) is 2.38. The molecule has 8 heteroatoms. The number of hydrogen-bond acceptors (Lipinski definition) is 5. The molecule has 1 aromatic carbocycles. The molecule has 0 saturated heterocycles. The molecule has 0 aliphatic carbocycles. The minimum atomic E-state index is -3.37. The van der Waals surface area contributed by atoms with Crippen molar-refractivity contribution in [3.63, 3.8) is 0 Å². The molecule has 0 atom stereocenters. The Balaban J connectivity index is 2.64. The lowest BCUT2D eigenvalue weighted by atomic mass is 10.2. The zero-order valence-corrected chi connectivity index (χ0v) is 11.5. The van der Waals surface area contributed by atoms with Gasteiger partial charge in [0, 0.05) is 12.6 Å². The number of methoxy groups -OCH3 is 1. The fourth-order valence-electron chi connectivity index (χ4n) is 1.33. The Morgan fingerprint density at radius 3 is 2.63 bits per heavy atom. The molecule has 0 aromatic heterocycles. The highest BCUT2D eigenvalue weighted by Gasteiger charge is 2.13. The van der Waals surface area contributed by atoms with Gasteiger partial charge in [-0.25, -0.2) is 13.1 Å². The average molecular weight is 288 g/mol. The first-order valence-corrected chi connectivity index (χ1v) is 7.11. The maximum Gasteiger partial charge on any atom is 0.255 e. The van der Waals surface area contributed by atoms with Crippen LogP contribution in [0.1, 0.15) is 10.4 Å². The van der Waals surface area contributed by atoms with Crippen LogP contribution in [-0.2, 0) is 10.0 Å². The normalized spacial score (nSPS) is 11.1. The van der Waals surface area contributed by atoms with Crippen molar-refractivity contribution >= 4 is 15.9 Å². The Kier molecular flexibility index (Phi) is 5.13. The Hall–Kier alpha value is -1.80. The van der Waals surface area contributed by atoms with Crippen molar-refractivity contribution in [2.45, 2.75) is 0 Å². The number of hydrogen-bond donors (Lipinski definition) is 3. The van der Waals surface area contributed by atoms with Crippen LogP contribution in [-0.4, -0.2) is 45.9 Å². The second-order valence-corrected chi connectivity index (χ2v) is 5.71. The highest BCUT2D eigenvalue weighted by Crippen LogP contribution is 2.22. The lowest BCUT2D eigenvalue weighted by Gasteiger charge is -2.08. The van der Waals surface area contributed by atoms with Crippen LogP contribution in [0.15, 0.2) is 18.2 Å². The number of ether oxygens (including phenoxy) is 1. The molecular formula is C11H16N2O5S. The third-order valence-corrected chi connectivity index (χ3v) is 3.78. The molecule has 1 amide bonds. The summed E-state index contributed by atoms with van der Waals surface area (Å²) in [5.74, 6) is -0.585. The van der Waals surface area contributed by atoms with Gasteiger partial charge in [0.25, 0.3) is 5.91 Å². The van der Waals surface area contributed by atoms with E-state index in [1.54, 1.807) is 0 Å². The second kappa shape index (κ2) is 6.39. The van der Waals surface area contributed by atoms with Crippen molar-refractivity contribution in [1.82, 2.24) is 10.0 Å². The zero-order valence-electron chi connectivity index (χ0n) is 10.6. The number of phenolic OH excluding ortho intramolecular Hbond substituents is 1. The number of nitrogens with one attached hydrogen (secondary N) is 2. The van der Waals surface area contributed by atoms with E-state index in [4.69, 9.17) is 4.74 Å². The van der Waals surface area contributed by atoms with Gasteiger partial charge in [0.1, 0.15) is 11.5 Å². The molecule has 19 heavy (non-hydrogen) atoms. The SMILES string of the molecule is CNS(=O)(=O)CCNC(=O)c1ccc(OC)cc1O. The fourth-order valence-corrected chi connectivity index (χ4v) is 1.90. The predicted octanol–water partition coefficient (Wildman–Crippen LogP) is -0.320. The van der Waals surface area contributed by atoms with E-state index in [2.05, 4.69) is 10.0 Å². The molecule has 0 aliphatic rings. The van der Waals surface area contributed by atoms with E-state index in [1.165, 1.54) is 32.4 Å². The van der Waals surface area contributed by atoms with Crippen molar-refractivity contribution < 1.29 is 23.1 Å². The van der Waals surface area contributed by atoms with Gasteiger partial charge in [-0.05, 0) is 19.2 Å². The third kappa shape index (κ3) is 4.42. The molecule has 0 spiro atoms. The molecule has 0 aliphatic heterocycles. The number of sulfonamides is 1. The van der Waals surface area contributed by atoms with Crippen LogP contribution in [0, 0.1) is 0 Å². The standard InChI is InChI=1S/C11H16N2O5S/c1-12-19(16,17)6-5-13-11(15)9-4-3-8(18-2)7-10(9)14/h3-4,7,12,14H,5-6H2,1-2H3,(H,13,15). The van der Waals surface area contributed by atoms with E-state index in [-0.39, 0.29) is 23.6 Å². The van der Waals surface area contributed by atoms with Crippen molar-refractivity contribution in [2.75, 3.05) is 26.5 Å². The van der Waals surface area contributed by atoms with E-state index < -0.39 is 15.9 Å². The predicted molar refractivity (Wildman–Crippen MR) is 69.8 cm³/mol. The van der Waals surface area contributed by atoms with Crippen molar-refractivity contribution in [3.05, 3.63) is 23.8 Å². The molecule has 0 saturated carbocycles. The van der Waals surface area contributed by atoms with Gasteiger partial charge in [-0.2, -0.15) is 0 Å². The third-order valence-electron chi connectivity index (χ3n) is 2.42. The molecule has 1 aromatic rings. The van der Waals surface area contributed by atoms with E-state index in [0.29, 0.717) is 5.75 Å². The van der Waals surface area contributed by atoms with Gasteiger partial charge in [0.15, 0.2) is 0 Å². The Morgan fingerprint density at radius 2 is 2.11 bits per heavy atom. The number of rotatable bonds is 6. The summed E-state index contributed by atoms with van der Waals surface area (Å²) in [5, 5.41) is 12.0. The van der Waals surface area contributed by atoms with Gasteiger partial charge in [-0.3, -0.25) is 4.79 Å². The number of carbonyl (C=O) groups excluding carboxylic acids is 1. The lowest BCUT2D eigenvalue weighted by Crippen LogP contribution is -2.32. The van der Waals surface area contributed by atoms with E-state index in [9.17, 15) is 18.3 Å². The summed E-state index contributed by atoms with van der Waals surface area (Å²) in [4.78, 5) is 11.7. The number of benzene rings is 1. The Bertz CT molecular complexity index is 556. The molecule has 0 heterocycles. The highest BCUT2D eigenvalue weighted by molar-refractivity contribution is 7.89. The maximum absolute atomic E-state index is 11.7. The van der Waals surface area contributed by atoms with Crippen LogP contribution in [0.3, 0.4) is 0 Å². The second-order valence-electron chi connectivity index (χ2n) is 3.66.